The number of aromatic amines is 1. The van der Waals surface area contributed by atoms with Gasteiger partial charge in [0.25, 0.3) is 5.56 Å². The Labute approximate surface area is 226 Å². The van der Waals surface area contributed by atoms with Gasteiger partial charge in [0.15, 0.2) is 0 Å². The van der Waals surface area contributed by atoms with Crippen LogP contribution >= 0.6 is 0 Å². The lowest BCUT2D eigenvalue weighted by molar-refractivity contribution is -0.117. The number of hydrogen-bond acceptors (Lipinski definition) is 7. The smallest absolute Gasteiger partial charge is 0.410 e. The summed E-state index contributed by atoms with van der Waals surface area (Å²) in [5.41, 5.74) is -0.00530. The number of anilines is 1. The largest absolute Gasteiger partial charge is 0.444 e. The molecular weight excluding hydrogens is 502 g/mol. The molecule has 0 aliphatic carbocycles. The van der Waals surface area contributed by atoms with Gasteiger partial charge in [0.2, 0.25) is 5.91 Å². The Morgan fingerprint density at radius 3 is 2.26 bits per heavy atom. The topological polar surface area (TPSA) is 143 Å². The fraction of sp³-hybridized carbons (Fsp3) is 0.393. The number of benzene rings is 2. The minimum atomic E-state index is -0.773. The molecule has 3 amide bonds. The molecule has 1 heterocycles. The highest BCUT2D eigenvalue weighted by Gasteiger charge is 2.25. The van der Waals surface area contributed by atoms with E-state index in [1.54, 1.807) is 71.9 Å². The van der Waals surface area contributed by atoms with E-state index in [0.29, 0.717) is 27.7 Å². The molecule has 0 saturated heterocycles. The van der Waals surface area contributed by atoms with Crippen LogP contribution in [-0.4, -0.2) is 64.0 Å². The molecule has 3 aromatic rings. The molecule has 3 rings (SSSR count). The number of nitrogens with zero attached hydrogens (tertiary/aromatic N) is 2. The second-order valence-electron chi connectivity index (χ2n) is 10.9. The monoisotopic (exact) mass is 537 g/mol. The number of ether oxygens (including phenoxy) is 2. The third-order valence-corrected chi connectivity index (χ3v) is 5.15. The molecule has 0 fully saturated rings. The fourth-order valence-electron chi connectivity index (χ4n) is 3.62. The summed E-state index contributed by atoms with van der Waals surface area (Å²) >= 11 is 0. The first kappa shape index (κ1) is 29.2. The highest BCUT2D eigenvalue weighted by molar-refractivity contribution is 5.97. The SMILES string of the molecule is CC(C)(C)OC(=O)NCCN(CC(=O)Nc1cccc(-c2n[nH]c(=O)c3ccccc23)c1)C(=O)OC(C)(C)C. The summed E-state index contributed by atoms with van der Waals surface area (Å²) in [4.78, 5) is 51.1. The first-order chi connectivity index (χ1) is 18.2. The van der Waals surface area contributed by atoms with Crippen LogP contribution in [0.4, 0.5) is 15.3 Å². The third kappa shape index (κ3) is 8.84. The van der Waals surface area contributed by atoms with Crippen molar-refractivity contribution >= 4 is 34.6 Å². The fourth-order valence-corrected chi connectivity index (χ4v) is 3.62. The zero-order chi connectivity index (χ0) is 28.8. The van der Waals surface area contributed by atoms with E-state index in [2.05, 4.69) is 20.8 Å². The molecule has 2 aromatic carbocycles. The van der Waals surface area contributed by atoms with E-state index in [1.165, 1.54) is 4.90 Å². The molecule has 208 valence electrons. The van der Waals surface area contributed by atoms with E-state index >= 15 is 0 Å². The van der Waals surface area contributed by atoms with E-state index in [-0.39, 0.29) is 25.2 Å². The van der Waals surface area contributed by atoms with Crippen LogP contribution in [0.5, 0.6) is 0 Å². The summed E-state index contributed by atoms with van der Waals surface area (Å²) in [5, 5.41) is 13.3. The third-order valence-electron chi connectivity index (χ3n) is 5.15. The maximum atomic E-state index is 12.9. The molecule has 0 atom stereocenters. The molecular formula is C28H35N5O6. The van der Waals surface area contributed by atoms with Crippen molar-refractivity contribution in [1.82, 2.24) is 20.4 Å². The second kappa shape index (κ2) is 12.0. The zero-order valence-electron chi connectivity index (χ0n) is 23.1. The van der Waals surface area contributed by atoms with Gasteiger partial charge in [0.1, 0.15) is 17.7 Å². The lowest BCUT2D eigenvalue weighted by atomic mass is 10.0. The molecule has 39 heavy (non-hydrogen) atoms. The van der Waals surface area contributed by atoms with Crippen LogP contribution in [0.15, 0.2) is 53.3 Å². The van der Waals surface area contributed by atoms with Gasteiger partial charge in [-0.2, -0.15) is 5.10 Å². The minimum Gasteiger partial charge on any atom is -0.444 e. The number of rotatable bonds is 7. The van der Waals surface area contributed by atoms with Gasteiger partial charge in [-0.25, -0.2) is 14.7 Å². The highest BCUT2D eigenvalue weighted by Crippen LogP contribution is 2.26. The number of carbonyl (C=O) groups excluding carboxylic acids is 3. The van der Waals surface area contributed by atoms with Gasteiger partial charge in [-0.05, 0) is 59.7 Å². The summed E-state index contributed by atoms with van der Waals surface area (Å²) in [5.74, 6) is -0.463. The molecule has 11 nitrogen and oxygen atoms in total. The molecule has 11 heteroatoms. The van der Waals surface area contributed by atoms with E-state index < -0.39 is 29.3 Å². The highest BCUT2D eigenvalue weighted by atomic mass is 16.6. The van der Waals surface area contributed by atoms with Crippen molar-refractivity contribution in [2.24, 2.45) is 0 Å². The van der Waals surface area contributed by atoms with E-state index in [1.807, 2.05) is 18.2 Å². The van der Waals surface area contributed by atoms with Crippen molar-refractivity contribution in [2.75, 3.05) is 25.0 Å². The van der Waals surface area contributed by atoms with Gasteiger partial charge in [-0.1, -0.05) is 30.3 Å². The Morgan fingerprint density at radius 2 is 1.59 bits per heavy atom. The van der Waals surface area contributed by atoms with Crippen molar-refractivity contribution in [3.63, 3.8) is 0 Å². The predicted octanol–water partition coefficient (Wildman–Crippen LogP) is 4.29. The average Bonchev–Trinajstić information content (AvgIpc) is 2.82. The Balaban J connectivity index is 1.72. The Bertz CT molecular complexity index is 1400. The minimum absolute atomic E-state index is 0.0227. The maximum Gasteiger partial charge on any atom is 0.410 e. The maximum absolute atomic E-state index is 12.9. The van der Waals surface area contributed by atoms with Crippen molar-refractivity contribution in [3.05, 3.63) is 58.9 Å². The summed E-state index contributed by atoms with van der Waals surface area (Å²) < 4.78 is 10.7. The van der Waals surface area contributed by atoms with Crippen molar-refractivity contribution < 1.29 is 23.9 Å². The van der Waals surface area contributed by atoms with Crippen LogP contribution in [0.2, 0.25) is 0 Å². The molecule has 0 saturated carbocycles. The number of nitrogens with one attached hydrogen (secondary N) is 3. The normalized spacial score (nSPS) is 11.5. The van der Waals surface area contributed by atoms with Gasteiger partial charge in [-0.15, -0.1) is 0 Å². The predicted molar refractivity (Wildman–Crippen MR) is 148 cm³/mol. The molecule has 0 spiro atoms. The van der Waals surface area contributed by atoms with Crippen LogP contribution < -0.4 is 16.2 Å². The number of amides is 3. The van der Waals surface area contributed by atoms with Crippen LogP contribution in [-0.2, 0) is 14.3 Å². The first-order valence-electron chi connectivity index (χ1n) is 12.5. The van der Waals surface area contributed by atoms with Gasteiger partial charge < -0.3 is 20.1 Å². The van der Waals surface area contributed by atoms with Crippen LogP contribution in [0, 0.1) is 0 Å². The van der Waals surface area contributed by atoms with Crippen molar-refractivity contribution in [2.45, 2.75) is 52.7 Å². The molecule has 3 N–H and O–H groups in total. The molecule has 0 bridgehead atoms. The molecule has 0 radical (unpaired) electrons. The molecule has 0 aliphatic heterocycles. The van der Waals surface area contributed by atoms with Crippen molar-refractivity contribution in [1.29, 1.82) is 0 Å². The summed E-state index contributed by atoms with van der Waals surface area (Å²) in [6, 6.07) is 14.1. The van der Waals surface area contributed by atoms with Gasteiger partial charge in [-0.3, -0.25) is 14.5 Å². The second-order valence-corrected chi connectivity index (χ2v) is 10.9. The summed E-state index contributed by atoms with van der Waals surface area (Å²) in [6.45, 7) is 10.2. The molecule has 0 aliphatic rings. The van der Waals surface area contributed by atoms with E-state index in [4.69, 9.17) is 9.47 Å². The quantitative estimate of drug-likeness (QED) is 0.408. The van der Waals surface area contributed by atoms with Crippen LogP contribution in [0.3, 0.4) is 0 Å². The van der Waals surface area contributed by atoms with Crippen LogP contribution in [0.1, 0.15) is 41.5 Å². The zero-order valence-corrected chi connectivity index (χ0v) is 23.1. The standard InChI is InChI=1S/C28H35N5O6/c1-27(2,3)38-25(36)29-14-15-33(26(37)39-28(4,5)6)17-22(34)30-19-11-9-10-18(16-19)23-20-12-7-8-13-21(20)24(35)32-31-23/h7-13,16H,14-15,17H2,1-6H3,(H,29,36)(H,30,34)(H,32,35). The lowest BCUT2D eigenvalue weighted by Gasteiger charge is -2.27. The van der Waals surface area contributed by atoms with Gasteiger partial charge in [0, 0.05) is 29.7 Å². The first-order valence-corrected chi connectivity index (χ1v) is 12.5. The number of carbonyl (C=O) groups is 3. The number of fused-ring (bicyclic) bond motifs is 1. The van der Waals surface area contributed by atoms with Crippen molar-refractivity contribution in [3.8, 4) is 11.3 Å². The van der Waals surface area contributed by atoms with Gasteiger partial charge >= 0.3 is 12.2 Å². The summed E-state index contributed by atoms with van der Waals surface area (Å²) in [6.07, 6.45) is -1.32. The molecule has 0 unspecified atom stereocenters. The van der Waals surface area contributed by atoms with E-state index in [9.17, 15) is 19.2 Å². The Morgan fingerprint density at radius 1 is 0.923 bits per heavy atom. The van der Waals surface area contributed by atoms with Gasteiger partial charge in [0.05, 0.1) is 11.1 Å². The summed E-state index contributed by atoms with van der Waals surface area (Å²) in [7, 11) is 0. The lowest BCUT2D eigenvalue weighted by Crippen LogP contribution is -2.45. The number of H-pyrrole nitrogens is 1. The number of alkyl carbamates (subject to hydrolysis) is 1. The Hall–Kier alpha value is -4.41. The number of aromatic nitrogens is 2. The average molecular weight is 538 g/mol. The molecule has 1 aromatic heterocycles. The van der Waals surface area contributed by atoms with Crippen LogP contribution in [0.25, 0.3) is 22.0 Å². The Kier molecular flexibility index (Phi) is 8.95. The van der Waals surface area contributed by atoms with E-state index in [0.717, 1.165) is 0 Å². The number of hydrogen-bond donors (Lipinski definition) is 3.